The van der Waals surface area contributed by atoms with Crippen LogP contribution >= 0.6 is 0 Å². The maximum absolute atomic E-state index is 14.8. The van der Waals surface area contributed by atoms with Crippen molar-refractivity contribution in [3.63, 3.8) is 0 Å². The van der Waals surface area contributed by atoms with Gasteiger partial charge in [-0.3, -0.25) is 34.1 Å². The third kappa shape index (κ3) is 11.4. The molecule has 0 radical (unpaired) electrons. The smallest absolute Gasteiger partial charge is 0.324 e. The van der Waals surface area contributed by atoms with Gasteiger partial charge in [-0.2, -0.15) is 0 Å². The number of piperazine rings is 1. The fourth-order valence-electron chi connectivity index (χ4n) is 10.2. The highest BCUT2D eigenvalue weighted by Crippen LogP contribution is 2.42. The van der Waals surface area contributed by atoms with Gasteiger partial charge in [0.15, 0.2) is 0 Å². The summed E-state index contributed by atoms with van der Waals surface area (Å²) in [4.78, 5) is 81.3. The summed E-state index contributed by atoms with van der Waals surface area (Å²) in [5.74, 6) is -1.71. The number of carbonyl (C=O) groups excluding carboxylic acids is 5. The Kier molecular flexibility index (Phi) is 16.5. The van der Waals surface area contributed by atoms with Crippen LogP contribution in [0.2, 0.25) is 0 Å². The van der Waals surface area contributed by atoms with Crippen LogP contribution in [0.1, 0.15) is 77.3 Å². The first kappa shape index (κ1) is 51.7. The third-order valence-electron chi connectivity index (χ3n) is 14.2. The first-order valence-electron chi connectivity index (χ1n) is 24.8. The molecule has 3 aliphatic heterocycles. The average Bonchev–Trinajstić information content (AvgIpc) is 3.67. The lowest BCUT2D eigenvalue weighted by Gasteiger charge is -2.40. The van der Waals surface area contributed by atoms with Crippen molar-refractivity contribution >= 4 is 40.6 Å². The monoisotopic (exact) mass is 960 g/mol. The van der Waals surface area contributed by atoms with Gasteiger partial charge in [0.05, 0.1) is 24.1 Å². The number of carbonyl (C=O) groups is 5. The number of hydrazine groups is 1. The largest absolute Gasteiger partial charge is 0.464 e. The van der Waals surface area contributed by atoms with Gasteiger partial charge < -0.3 is 34.1 Å². The number of rotatable bonds is 12. The van der Waals surface area contributed by atoms with Gasteiger partial charge in [0.25, 0.3) is 5.91 Å². The van der Waals surface area contributed by atoms with Gasteiger partial charge in [0, 0.05) is 108 Å². The van der Waals surface area contributed by atoms with E-state index in [0.717, 1.165) is 50.1 Å². The van der Waals surface area contributed by atoms with E-state index >= 15 is 0 Å². The number of fused-ring (bicyclic) bond motifs is 6. The second-order valence-electron chi connectivity index (χ2n) is 20.2. The van der Waals surface area contributed by atoms with Crippen LogP contribution in [0, 0.1) is 11.3 Å². The summed E-state index contributed by atoms with van der Waals surface area (Å²) >= 11 is 0. The number of methoxy groups -OCH3 is 1. The lowest BCUT2D eigenvalue weighted by Crippen LogP contribution is -2.63. The van der Waals surface area contributed by atoms with Crippen LogP contribution in [0.3, 0.4) is 0 Å². The molecule has 5 amide bonds. The molecule has 0 unspecified atom stereocenters. The Labute approximate surface area is 413 Å². The van der Waals surface area contributed by atoms with Gasteiger partial charge in [-0.25, -0.2) is 10.2 Å². The number of ether oxygens (including phenoxy) is 2. The molecule has 2 saturated heterocycles. The minimum absolute atomic E-state index is 0.138. The van der Waals surface area contributed by atoms with E-state index < -0.39 is 35.4 Å². The second kappa shape index (κ2) is 22.3. The lowest BCUT2D eigenvalue weighted by atomic mass is 9.84. The summed E-state index contributed by atoms with van der Waals surface area (Å²) in [5.41, 5.74) is 10.5. The number of nitrogens with one attached hydrogen (secondary N) is 2. The zero-order valence-electron chi connectivity index (χ0n) is 42.6. The molecule has 2 fully saturated rings. The van der Waals surface area contributed by atoms with Crippen LogP contribution in [-0.2, 0) is 48.0 Å². The fraction of sp³-hybridized carbons (Fsp3) is 0.519. The van der Waals surface area contributed by atoms with Crippen molar-refractivity contribution in [3.8, 4) is 22.4 Å². The molecule has 7 rings (SSSR count). The molecule has 2 aromatic carbocycles. The van der Waals surface area contributed by atoms with E-state index in [4.69, 9.17) is 14.5 Å². The topological polar surface area (TPSA) is 162 Å². The van der Waals surface area contributed by atoms with E-state index in [0.29, 0.717) is 71.6 Å². The zero-order valence-corrected chi connectivity index (χ0v) is 42.6. The molecule has 16 nitrogen and oxygen atoms in total. The molecule has 6 bridgehead atoms. The summed E-state index contributed by atoms with van der Waals surface area (Å²) in [6.07, 6.45) is 4.61. The van der Waals surface area contributed by atoms with Crippen molar-refractivity contribution in [2.75, 3.05) is 73.6 Å². The number of amides is 5. The van der Waals surface area contributed by atoms with Crippen molar-refractivity contribution in [1.29, 1.82) is 0 Å². The molecule has 0 spiro atoms. The Morgan fingerprint density at radius 1 is 1.01 bits per heavy atom. The van der Waals surface area contributed by atoms with Crippen LogP contribution in [0.15, 0.2) is 73.4 Å². The molecule has 2 N–H and O–H groups in total. The second-order valence-corrected chi connectivity index (χ2v) is 20.2. The van der Waals surface area contributed by atoms with Gasteiger partial charge in [0.2, 0.25) is 11.8 Å². The number of hydrogen-bond donors (Lipinski definition) is 2. The van der Waals surface area contributed by atoms with Crippen molar-refractivity contribution in [1.82, 2.24) is 44.9 Å². The molecule has 70 heavy (non-hydrogen) atoms. The first-order chi connectivity index (χ1) is 33.4. The lowest BCUT2D eigenvalue weighted by molar-refractivity contribution is -0.155. The predicted molar refractivity (Wildman–Crippen MR) is 271 cm³/mol. The molecule has 5 heterocycles. The van der Waals surface area contributed by atoms with E-state index in [1.807, 2.05) is 39.0 Å². The van der Waals surface area contributed by atoms with E-state index in [1.54, 1.807) is 37.2 Å². The Morgan fingerprint density at radius 3 is 2.46 bits per heavy atom. The SMILES string of the molecule is C=CC(=O)N(C)CCN1CCN(C(=O)N(C)[C@H](C(=O)N[C@H]2Cc3cccc(c3)-c3ccc4c(c3)c(c(-c3cccnc3[C@H](C)OC)n4CC)CC(C)(C)COC(=O)[C@@H]3CCCN(N3)C2=O)C(C)C)CC1. The molecule has 0 saturated carbocycles. The molecule has 16 heteroatoms. The number of hydrogen-bond acceptors (Lipinski definition) is 10. The Balaban J connectivity index is 1.21. The van der Waals surface area contributed by atoms with E-state index in [2.05, 4.69) is 84.0 Å². The maximum Gasteiger partial charge on any atom is 0.324 e. The summed E-state index contributed by atoms with van der Waals surface area (Å²) < 4.78 is 14.3. The Hall–Kier alpha value is -6.10. The minimum Gasteiger partial charge on any atom is -0.464 e. The highest BCUT2D eigenvalue weighted by Gasteiger charge is 2.39. The molecular formula is C54H73N9O7. The van der Waals surface area contributed by atoms with Gasteiger partial charge in [-0.15, -0.1) is 0 Å². The minimum atomic E-state index is -1.04. The summed E-state index contributed by atoms with van der Waals surface area (Å²) in [6, 6.07) is 15.7. The summed E-state index contributed by atoms with van der Waals surface area (Å²) in [6.45, 7) is 20.3. The number of likely N-dealkylation sites (N-methyl/N-ethyl adjacent to an activating group) is 2. The number of cyclic esters (lactones) is 1. The average molecular weight is 960 g/mol. The highest BCUT2D eigenvalue weighted by molar-refractivity contribution is 5.96. The van der Waals surface area contributed by atoms with Gasteiger partial charge in [0.1, 0.15) is 18.1 Å². The normalized spacial score (nSPS) is 19.8. The molecule has 4 aromatic rings. The molecule has 3 aliphatic rings. The van der Waals surface area contributed by atoms with E-state index in [1.165, 1.54) is 16.0 Å². The Bertz CT molecular complexity index is 2560. The molecule has 4 atom stereocenters. The quantitative estimate of drug-likeness (QED) is 0.126. The van der Waals surface area contributed by atoms with Gasteiger partial charge in [-0.1, -0.05) is 64.6 Å². The van der Waals surface area contributed by atoms with Crippen molar-refractivity contribution in [2.24, 2.45) is 11.3 Å². The molecule has 376 valence electrons. The van der Waals surface area contributed by atoms with E-state index in [-0.39, 0.29) is 42.9 Å². The molecule has 2 aromatic heterocycles. The van der Waals surface area contributed by atoms with Crippen molar-refractivity contribution in [2.45, 2.75) is 98.0 Å². The number of nitrogens with zero attached hydrogens (tertiary/aromatic N) is 7. The van der Waals surface area contributed by atoms with Crippen LogP contribution in [-0.4, -0.2) is 156 Å². The van der Waals surface area contributed by atoms with Crippen LogP contribution in [0.25, 0.3) is 33.3 Å². The first-order valence-corrected chi connectivity index (χ1v) is 24.8. The van der Waals surface area contributed by atoms with Crippen LogP contribution in [0.5, 0.6) is 0 Å². The van der Waals surface area contributed by atoms with Crippen molar-refractivity contribution in [3.05, 3.63) is 90.3 Å². The highest BCUT2D eigenvalue weighted by atomic mass is 16.5. The maximum atomic E-state index is 14.8. The molecule has 0 aliphatic carbocycles. The number of pyridine rings is 1. The fourth-order valence-corrected chi connectivity index (χ4v) is 10.2. The molecular weight excluding hydrogens is 887 g/mol. The number of aryl methyl sites for hydroxylation is 1. The Morgan fingerprint density at radius 2 is 1.76 bits per heavy atom. The van der Waals surface area contributed by atoms with Gasteiger partial charge >= 0.3 is 12.0 Å². The van der Waals surface area contributed by atoms with Crippen LogP contribution < -0.4 is 10.7 Å². The number of urea groups is 1. The van der Waals surface area contributed by atoms with Crippen LogP contribution in [0.4, 0.5) is 4.79 Å². The summed E-state index contributed by atoms with van der Waals surface area (Å²) in [7, 11) is 5.07. The summed E-state index contributed by atoms with van der Waals surface area (Å²) in [5, 5.41) is 5.63. The number of esters is 1. The number of benzene rings is 2. The predicted octanol–water partition coefficient (Wildman–Crippen LogP) is 6.08. The third-order valence-corrected chi connectivity index (χ3v) is 14.2. The van der Waals surface area contributed by atoms with E-state index in [9.17, 15) is 24.0 Å². The van der Waals surface area contributed by atoms with Gasteiger partial charge in [-0.05, 0) is 91.6 Å². The standard InChI is InChI=1S/C54H73N9O7/c1-11-46(64)58(8)24-25-60-26-28-61(29-27-60)53(68)59(9)48(35(3)4)50(65)56-44-31-37-16-13-17-38(30-37)39-20-21-45-41(32-39)42(49(62(45)12-2)40-18-14-22-55-47(40)36(5)69-10)33-54(6,7)34-70-52(67)43-19-15-23-63(57-43)51(44)66/h11,13-14,16-18,20-22,30,32,35-36,43-44,48,57H,1,12,15,19,23-29,31,33-34H2,2-10H3,(H,56,65)/t36-,43-,44-,48-/m0/s1. The zero-order chi connectivity index (χ0) is 50.4. The number of aromatic nitrogens is 2. The van der Waals surface area contributed by atoms with Crippen molar-refractivity contribution < 1.29 is 33.4 Å².